The number of nitrogens with zero attached hydrogens (tertiary/aromatic N) is 3. The molecule has 0 saturated carbocycles. The van der Waals surface area contributed by atoms with Gasteiger partial charge in [-0.15, -0.1) is 0 Å². The molecule has 5 heteroatoms. The van der Waals surface area contributed by atoms with Gasteiger partial charge in [-0.2, -0.15) is 0 Å². The number of imidazole rings is 1. The Balaban J connectivity index is 1.46. The van der Waals surface area contributed by atoms with Gasteiger partial charge in [-0.3, -0.25) is 4.79 Å². The molecule has 1 fully saturated rings. The Bertz CT molecular complexity index is 1240. The molecule has 5 nitrogen and oxygen atoms in total. The minimum Gasteiger partial charge on any atom is -0.494 e. The van der Waals surface area contributed by atoms with E-state index in [1.54, 1.807) is 0 Å². The highest BCUT2D eigenvalue weighted by atomic mass is 16.5. The molecule has 1 aliphatic heterocycles. The second-order valence-corrected chi connectivity index (χ2v) is 8.36. The van der Waals surface area contributed by atoms with Gasteiger partial charge in [0.2, 0.25) is 5.91 Å². The summed E-state index contributed by atoms with van der Waals surface area (Å²) in [5.41, 5.74) is 5.46. The molecule has 0 aliphatic carbocycles. The number of benzene rings is 3. The lowest BCUT2D eigenvalue weighted by atomic mass is 10.1. The maximum atomic E-state index is 12.9. The van der Waals surface area contributed by atoms with E-state index in [0.717, 1.165) is 34.8 Å². The van der Waals surface area contributed by atoms with Gasteiger partial charge in [0, 0.05) is 31.1 Å². The maximum Gasteiger partial charge on any atom is 0.227 e. The number of amides is 1. The summed E-state index contributed by atoms with van der Waals surface area (Å²) in [6.07, 6.45) is 0.463. The Labute approximate surface area is 188 Å². The first kappa shape index (κ1) is 20.3. The summed E-state index contributed by atoms with van der Waals surface area (Å²) >= 11 is 0. The Hall–Kier alpha value is -3.60. The minimum absolute atomic E-state index is 0.0481. The van der Waals surface area contributed by atoms with Crippen LogP contribution in [-0.4, -0.2) is 28.6 Å². The number of para-hydroxylation sites is 2. The number of carbonyl (C=O) groups excluding carboxylic acids is 1. The second-order valence-electron chi connectivity index (χ2n) is 8.36. The van der Waals surface area contributed by atoms with Crippen LogP contribution in [0.2, 0.25) is 0 Å². The van der Waals surface area contributed by atoms with Crippen LogP contribution >= 0.6 is 0 Å². The third-order valence-corrected chi connectivity index (χ3v) is 6.09. The molecule has 0 N–H and O–H groups in total. The quantitative estimate of drug-likeness (QED) is 0.420. The van der Waals surface area contributed by atoms with Gasteiger partial charge >= 0.3 is 0 Å². The van der Waals surface area contributed by atoms with Gasteiger partial charge < -0.3 is 14.2 Å². The zero-order valence-corrected chi connectivity index (χ0v) is 18.5. The Morgan fingerprint density at radius 2 is 1.75 bits per heavy atom. The Morgan fingerprint density at radius 3 is 2.50 bits per heavy atom. The molecular formula is C27H27N3O2. The van der Waals surface area contributed by atoms with Crippen LogP contribution in [0.5, 0.6) is 5.75 Å². The molecule has 0 radical (unpaired) electrons. The fourth-order valence-electron chi connectivity index (χ4n) is 4.47. The second kappa shape index (κ2) is 8.50. The highest BCUT2D eigenvalue weighted by Gasteiger charge is 2.34. The molecule has 3 aromatic carbocycles. The summed E-state index contributed by atoms with van der Waals surface area (Å²) in [5.74, 6) is 1.98. The zero-order chi connectivity index (χ0) is 22.1. The lowest BCUT2D eigenvalue weighted by Gasteiger charge is -2.18. The molecular weight excluding hydrogens is 398 g/mol. The summed E-state index contributed by atoms with van der Waals surface area (Å²) in [4.78, 5) is 19.8. The molecule has 0 spiro atoms. The van der Waals surface area contributed by atoms with Crippen LogP contribution in [0.15, 0.2) is 72.8 Å². The van der Waals surface area contributed by atoms with E-state index < -0.39 is 0 Å². The number of carbonyl (C=O) groups is 1. The number of rotatable bonds is 6. The number of fused-ring (bicyclic) bond motifs is 1. The van der Waals surface area contributed by atoms with Crippen LogP contribution in [0.1, 0.15) is 36.2 Å². The van der Waals surface area contributed by atoms with Gasteiger partial charge in [-0.1, -0.05) is 42.0 Å². The van der Waals surface area contributed by atoms with Crippen molar-refractivity contribution in [1.29, 1.82) is 0 Å². The molecule has 1 aromatic heterocycles. The van der Waals surface area contributed by atoms with Gasteiger partial charge in [-0.25, -0.2) is 4.98 Å². The van der Waals surface area contributed by atoms with E-state index in [1.807, 2.05) is 54.3 Å². The van der Waals surface area contributed by atoms with Crippen molar-refractivity contribution in [2.24, 2.45) is 0 Å². The molecule has 1 atom stereocenters. The highest BCUT2D eigenvalue weighted by molar-refractivity contribution is 5.96. The van der Waals surface area contributed by atoms with E-state index in [0.29, 0.717) is 19.6 Å². The van der Waals surface area contributed by atoms with Crippen LogP contribution < -0.4 is 9.64 Å². The number of aromatic nitrogens is 2. The monoisotopic (exact) mass is 425 g/mol. The van der Waals surface area contributed by atoms with Crippen LogP contribution in [0.3, 0.4) is 0 Å². The minimum atomic E-state index is 0.0481. The Morgan fingerprint density at radius 1 is 1.00 bits per heavy atom. The largest absolute Gasteiger partial charge is 0.494 e. The standard InChI is InChI=1S/C27H27N3O2/c1-3-32-23-14-12-22(13-15-23)29-18-21(16-26(29)31)27-28-24-6-4-5-7-25(24)30(27)17-20-10-8-19(2)9-11-20/h4-15,21H,3,16-18H2,1-2H3/t21-/m1/s1. The Kier molecular flexibility index (Phi) is 5.39. The van der Waals surface area contributed by atoms with E-state index in [9.17, 15) is 4.79 Å². The molecule has 2 heterocycles. The third-order valence-electron chi connectivity index (χ3n) is 6.09. The van der Waals surface area contributed by atoms with Crippen molar-refractivity contribution in [2.75, 3.05) is 18.1 Å². The van der Waals surface area contributed by atoms with Gasteiger partial charge in [0.25, 0.3) is 0 Å². The van der Waals surface area contributed by atoms with Gasteiger partial charge in [0.05, 0.1) is 17.6 Å². The first-order chi connectivity index (χ1) is 15.6. The maximum absolute atomic E-state index is 12.9. The summed E-state index contributed by atoms with van der Waals surface area (Å²) < 4.78 is 7.81. The van der Waals surface area contributed by atoms with E-state index >= 15 is 0 Å². The van der Waals surface area contributed by atoms with Crippen molar-refractivity contribution in [1.82, 2.24) is 9.55 Å². The number of hydrogen-bond donors (Lipinski definition) is 0. The van der Waals surface area contributed by atoms with Gasteiger partial charge in [0.15, 0.2) is 0 Å². The topological polar surface area (TPSA) is 47.4 Å². The molecule has 0 bridgehead atoms. The average molecular weight is 426 g/mol. The highest BCUT2D eigenvalue weighted by Crippen LogP contribution is 2.34. The number of ether oxygens (including phenoxy) is 1. The summed E-state index contributed by atoms with van der Waals surface area (Å²) in [6.45, 7) is 6.06. The van der Waals surface area contributed by atoms with Crippen molar-refractivity contribution in [3.8, 4) is 5.75 Å². The predicted octanol–water partition coefficient (Wildman–Crippen LogP) is 5.31. The van der Waals surface area contributed by atoms with E-state index in [4.69, 9.17) is 9.72 Å². The molecule has 0 unspecified atom stereocenters. The summed E-state index contributed by atoms with van der Waals surface area (Å²) in [6, 6.07) is 24.6. The smallest absolute Gasteiger partial charge is 0.227 e. The van der Waals surface area contributed by atoms with Crippen LogP contribution in [0.25, 0.3) is 11.0 Å². The molecule has 162 valence electrons. The normalized spacial score (nSPS) is 16.1. The zero-order valence-electron chi connectivity index (χ0n) is 18.5. The molecule has 5 rings (SSSR count). The number of anilines is 1. The fraction of sp³-hybridized carbons (Fsp3) is 0.259. The molecule has 1 amide bonds. The predicted molar refractivity (Wildman–Crippen MR) is 127 cm³/mol. The van der Waals surface area contributed by atoms with E-state index in [2.05, 4.69) is 41.8 Å². The summed E-state index contributed by atoms with van der Waals surface area (Å²) in [7, 11) is 0. The van der Waals surface area contributed by atoms with Crippen molar-refractivity contribution in [3.05, 3.63) is 89.7 Å². The van der Waals surface area contributed by atoms with E-state index in [1.165, 1.54) is 11.1 Å². The molecule has 32 heavy (non-hydrogen) atoms. The summed E-state index contributed by atoms with van der Waals surface area (Å²) in [5, 5.41) is 0. The lowest BCUT2D eigenvalue weighted by molar-refractivity contribution is -0.117. The molecule has 1 saturated heterocycles. The van der Waals surface area contributed by atoms with Crippen molar-refractivity contribution < 1.29 is 9.53 Å². The first-order valence-corrected chi connectivity index (χ1v) is 11.2. The van der Waals surface area contributed by atoms with E-state index in [-0.39, 0.29) is 11.8 Å². The first-order valence-electron chi connectivity index (χ1n) is 11.2. The van der Waals surface area contributed by atoms with Crippen LogP contribution in [0.4, 0.5) is 5.69 Å². The third kappa shape index (κ3) is 3.86. The molecule has 4 aromatic rings. The van der Waals surface area contributed by atoms with Gasteiger partial charge in [-0.05, 0) is 55.8 Å². The SMILES string of the molecule is CCOc1ccc(N2C[C@H](c3nc4ccccc4n3Cc3ccc(C)cc3)CC2=O)cc1. The fourth-order valence-corrected chi connectivity index (χ4v) is 4.47. The van der Waals surface area contributed by atoms with Crippen molar-refractivity contribution in [3.63, 3.8) is 0 Å². The van der Waals surface area contributed by atoms with Crippen LogP contribution in [0, 0.1) is 6.92 Å². The number of hydrogen-bond acceptors (Lipinski definition) is 3. The lowest BCUT2D eigenvalue weighted by Crippen LogP contribution is -2.24. The van der Waals surface area contributed by atoms with Gasteiger partial charge in [0.1, 0.15) is 11.6 Å². The average Bonchev–Trinajstić information content (AvgIpc) is 3.37. The molecule has 1 aliphatic rings. The number of aryl methyl sites for hydroxylation is 1. The van der Waals surface area contributed by atoms with Crippen molar-refractivity contribution in [2.45, 2.75) is 32.7 Å². The van der Waals surface area contributed by atoms with Crippen LogP contribution in [-0.2, 0) is 11.3 Å². The van der Waals surface area contributed by atoms with Crippen molar-refractivity contribution >= 4 is 22.6 Å².